The van der Waals surface area contributed by atoms with Gasteiger partial charge in [0.2, 0.25) is 0 Å². The molecule has 0 atom stereocenters. The molecule has 0 radical (unpaired) electrons. The van der Waals surface area contributed by atoms with E-state index < -0.39 is 0 Å². The van der Waals surface area contributed by atoms with Crippen molar-refractivity contribution in [1.29, 1.82) is 0 Å². The normalized spacial score (nSPS) is 9.92. The van der Waals surface area contributed by atoms with E-state index in [-0.39, 0.29) is 18.1 Å². The van der Waals surface area contributed by atoms with Crippen molar-refractivity contribution in [3.63, 3.8) is 0 Å². The minimum absolute atomic E-state index is 0.0677. The lowest BCUT2D eigenvalue weighted by molar-refractivity contribution is 0.0783. The van der Waals surface area contributed by atoms with Crippen molar-refractivity contribution in [2.45, 2.75) is 6.92 Å². The molecule has 0 amide bonds. The molecule has 0 spiro atoms. The van der Waals surface area contributed by atoms with Gasteiger partial charge >= 0.3 is 0 Å². The van der Waals surface area contributed by atoms with E-state index >= 15 is 0 Å². The largest absolute Gasteiger partial charge is 0.508 e. The first-order valence-corrected chi connectivity index (χ1v) is 4.14. The number of carbonyl (C=O) groups is 1. The van der Waals surface area contributed by atoms with Crippen LogP contribution >= 0.6 is 0 Å². The molecule has 0 fully saturated rings. The number of Topliss-reactive ketones (excluding diaryl/α,β-unsaturated/α-hetero) is 1. The Morgan fingerprint density at radius 2 is 2.00 bits per heavy atom. The van der Waals surface area contributed by atoms with Gasteiger partial charge in [-0.2, -0.15) is 0 Å². The molecule has 1 aromatic carbocycles. The molecule has 3 nitrogen and oxygen atoms in total. The first-order chi connectivity index (χ1) is 6.24. The Labute approximate surface area is 77.0 Å². The maximum atomic E-state index is 11.3. The zero-order valence-corrected chi connectivity index (χ0v) is 7.49. The number of aromatic hydroxyl groups is 1. The lowest BCUT2D eigenvalue weighted by atomic mass is 10.1. The number of hydrogen-bond acceptors (Lipinski definition) is 3. The van der Waals surface area contributed by atoms with Gasteiger partial charge in [0, 0.05) is 12.2 Å². The first kappa shape index (κ1) is 9.74. The van der Waals surface area contributed by atoms with Crippen molar-refractivity contribution >= 4 is 5.78 Å². The summed E-state index contributed by atoms with van der Waals surface area (Å²) >= 11 is 0. The molecule has 13 heavy (non-hydrogen) atoms. The number of ether oxygens (including phenoxy) is 1. The zero-order chi connectivity index (χ0) is 9.68. The van der Waals surface area contributed by atoms with Gasteiger partial charge in [0.25, 0.3) is 0 Å². The van der Waals surface area contributed by atoms with E-state index in [2.05, 4.69) is 0 Å². The number of rotatable bonds is 4. The minimum atomic E-state index is -0.0677. The summed E-state index contributed by atoms with van der Waals surface area (Å²) in [5.41, 5.74) is 0.561. The second-order valence-electron chi connectivity index (χ2n) is 2.61. The van der Waals surface area contributed by atoms with Crippen LogP contribution in [0.4, 0.5) is 0 Å². The number of hydrogen-bond donors (Lipinski definition) is 1. The number of phenolic OH excluding ortho intramolecular Hbond substituents is 1. The summed E-state index contributed by atoms with van der Waals surface area (Å²) in [5.74, 6) is 0.0924. The summed E-state index contributed by atoms with van der Waals surface area (Å²) < 4.78 is 4.97. The molecule has 0 aliphatic carbocycles. The van der Waals surface area contributed by atoms with Gasteiger partial charge in [-0.25, -0.2) is 0 Å². The number of ketones is 1. The molecule has 70 valence electrons. The SMILES string of the molecule is CCOCC(=O)c1ccc(O)cc1. The molecule has 1 rings (SSSR count). The average molecular weight is 180 g/mol. The van der Waals surface area contributed by atoms with Crippen LogP contribution in [-0.4, -0.2) is 24.1 Å². The topological polar surface area (TPSA) is 46.5 Å². The molecular formula is C10H12O3. The van der Waals surface area contributed by atoms with E-state index in [9.17, 15) is 4.79 Å². The quantitative estimate of drug-likeness (QED) is 0.716. The number of carbonyl (C=O) groups excluding carboxylic acids is 1. The van der Waals surface area contributed by atoms with E-state index in [1.807, 2.05) is 6.92 Å². The third-order valence-corrected chi connectivity index (χ3v) is 1.63. The van der Waals surface area contributed by atoms with Crippen molar-refractivity contribution < 1.29 is 14.6 Å². The van der Waals surface area contributed by atoms with Crippen LogP contribution in [0.25, 0.3) is 0 Å². The Balaban J connectivity index is 2.61. The van der Waals surface area contributed by atoms with Crippen LogP contribution < -0.4 is 0 Å². The first-order valence-electron chi connectivity index (χ1n) is 4.14. The second-order valence-corrected chi connectivity index (χ2v) is 2.61. The van der Waals surface area contributed by atoms with E-state index in [1.165, 1.54) is 12.1 Å². The van der Waals surface area contributed by atoms with Gasteiger partial charge in [-0.15, -0.1) is 0 Å². The van der Waals surface area contributed by atoms with Crippen LogP contribution in [0.15, 0.2) is 24.3 Å². The maximum absolute atomic E-state index is 11.3. The molecule has 0 bridgehead atoms. The molecule has 3 heteroatoms. The predicted octanol–water partition coefficient (Wildman–Crippen LogP) is 1.61. The van der Waals surface area contributed by atoms with Crippen molar-refractivity contribution in [2.24, 2.45) is 0 Å². The smallest absolute Gasteiger partial charge is 0.188 e. The molecule has 0 unspecified atom stereocenters. The molecule has 0 aliphatic heterocycles. The molecule has 1 N–H and O–H groups in total. The summed E-state index contributed by atoms with van der Waals surface area (Å²) in [5, 5.41) is 8.97. The summed E-state index contributed by atoms with van der Waals surface area (Å²) in [7, 11) is 0. The second kappa shape index (κ2) is 4.62. The number of benzene rings is 1. The van der Waals surface area contributed by atoms with Gasteiger partial charge in [-0.3, -0.25) is 4.79 Å². The standard InChI is InChI=1S/C10H12O3/c1-2-13-7-10(12)8-3-5-9(11)6-4-8/h3-6,11H,2,7H2,1H3. The summed E-state index contributed by atoms with van der Waals surface area (Å²) in [6.45, 7) is 2.47. The van der Waals surface area contributed by atoms with Gasteiger partial charge in [-0.05, 0) is 31.2 Å². The van der Waals surface area contributed by atoms with Crippen molar-refractivity contribution in [3.8, 4) is 5.75 Å². The fourth-order valence-corrected chi connectivity index (χ4v) is 0.925. The fraction of sp³-hybridized carbons (Fsp3) is 0.300. The Hall–Kier alpha value is -1.35. The van der Waals surface area contributed by atoms with Crippen LogP contribution in [0.1, 0.15) is 17.3 Å². The van der Waals surface area contributed by atoms with Crippen molar-refractivity contribution in [1.82, 2.24) is 0 Å². The van der Waals surface area contributed by atoms with E-state index in [0.29, 0.717) is 12.2 Å². The molecule has 0 aromatic heterocycles. The van der Waals surface area contributed by atoms with Crippen LogP contribution in [0.2, 0.25) is 0 Å². The number of phenols is 1. The van der Waals surface area contributed by atoms with Crippen LogP contribution in [0.5, 0.6) is 5.75 Å². The highest BCUT2D eigenvalue weighted by Gasteiger charge is 2.04. The van der Waals surface area contributed by atoms with Crippen molar-refractivity contribution in [2.75, 3.05) is 13.2 Å². The Kier molecular flexibility index (Phi) is 3.46. The lowest BCUT2D eigenvalue weighted by Crippen LogP contribution is -2.08. The van der Waals surface area contributed by atoms with E-state index in [0.717, 1.165) is 0 Å². The Morgan fingerprint density at radius 1 is 1.38 bits per heavy atom. The maximum Gasteiger partial charge on any atom is 0.188 e. The van der Waals surface area contributed by atoms with E-state index in [1.54, 1.807) is 12.1 Å². The van der Waals surface area contributed by atoms with Crippen LogP contribution in [0, 0.1) is 0 Å². The molecule has 1 aromatic rings. The predicted molar refractivity (Wildman–Crippen MR) is 48.9 cm³/mol. The molecule has 0 saturated carbocycles. The Morgan fingerprint density at radius 3 is 2.54 bits per heavy atom. The van der Waals surface area contributed by atoms with Gasteiger partial charge in [-0.1, -0.05) is 0 Å². The average Bonchev–Trinajstić information content (AvgIpc) is 2.15. The van der Waals surface area contributed by atoms with E-state index in [4.69, 9.17) is 9.84 Å². The molecule has 0 saturated heterocycles. The van der Waals surface area contributed by atoms with Crippen molar-refractivity contribution in [3.05, 3.63) is 29.8 Å². The van der Waals surface area contributed by atoms with Gasteiger partial charge in [0.1, 0.15) is 12.4 Å². The summed E-state index contributed by atoms with van der Waals surface area (Å²) in [6.07, 6.45) is 0. The highest BCUT2D eigenvalue weighted by Crippen LogP contribution is 2.09. The molecule has 0 aliphatic rings. The minimum Gasteiger partial charge on any atom is -0.508 e. The van der Waals surface area contributed by atoms with Crippen LogP contribution in [0.3, 0.4) is 0 Å². The van der Waals surface area contributed by atoms with Gasteiger partial charge < -0.3 is 9.84 Å². The van der Waals surface area contributed by atoms with Gasteiger partial charge in [0.15, 0.2) is 5.78 Å². The highest BCUT2D eigenvalue weighted by atomic mass is 16.5. The Bertz CT molecular complexity index is 277. The lowest BCUT2D eigenvalue weighted by Gasteiger charge is -2.00. The monoisotopic (exact) mass is 180 g/mol. The molecule has 0 heterocycles. The summed E-state index contributed by atoms with van der Waals surface area (Å²) in [4.78, 5) is 11.3. The summed E-state index contributed by atoms with van der Waals surface area (Å²) in [6, 6.07) is 6.13. The highest BCUT2D eigenvalue weighted by molar-refractivity contribution is 5.97. The third kappa shape index (κ3) is 2.87. The van der Waals surface area contributed by atoms with Crippen LogP contribution in [-0.2, 0) is 4.74 Å². The third-order valence-electron chi connectivity index (χ3n) is 1.63. The zero-order valence-electron chi connectivity index (χ0n) is 7.49. The molecular weight excluding hydrogens is 168 g/mol. The van der Waals surface area contributed by atoms with Gasteiger partial charge in [0.05, 0.1) is 0 Å². The fourth-order valence-electron chi connectivity index (χ4n) is 0.925.